The van der Waals surface area contributed by atoms with E-state index in [1.54, 1.807) is 6.07 Å². The predicted octanol–water partition coefficient (Wildman–Crippen LogP) is -2.02. The quantitative estimate of drug-likeness (QED) is 0.381. The molecule has 0 aliphatic heterocycles. The molecule has 0 bridgehead atoms. The maximum Gasteiger partial charge on any atom is 1.00 e. The first-order chi connectivity index (χ1) is 10.2. The van der Waals surface area contributed by atoms with Crippen LogP contribution in [0.25, 0.3) is 11.1 Å². The number of hydrogen-bond acceptors (Lipinski definition) is 3. The van der Waals surface area contributed by atoms with Gasteiger partial charge in [-0.25, -0.2) is 0 Å². The third-order valence-corrected chi connectivity index (χ3v) is 3.14. The molecular weight excluding hydrogens is 428 g/mol. The number of ketones is 1. The minimum Gasteiger partial charge on any atom is -1.00 e. The summed E-state index contributed by atoms with van der Waals surface area (Å²) in [6.45, 7) is 2.08. The van der Waals surface area contributed by atoms with Crippen LogP contribution in [0.2, 0.25) is 0 Å². The van der Waals surface area contributed by atoms with E-state index in [0.717, 1.165) is 17.5 Å². The molecule has 0 heterocycles. The van der Waals surface area contributed by atoms with Crippen molar-refractivity contribution in [3.8, 4) is 22.9 Å². The van der Waals surface area contributed by atoms with E-state index >= 15 is 0 Å². The fourth-order valence-electron chi connectivity index (χ4n) is 2.08. The summed E-state index contributed by atoms with van der Waals surface area (Å²) >= 11 is 0. The molecule has 0 fully saturated rings. The first kappa shape index (κ1) is 22.8. The Bertz CT molecular complexity index is 665. The van der Waals surface area contributed by atoms with E-state index in [2.05, 4.69) is 6.07 Å². The number of benzene rings is 2. The van der Waals surface area contributed by atoms with E-state index < -0.39 is 0 Å². The molecule has 0 saturated carbocycles. The van der Waals surface area contributed by atoms with Crippen LogP contribution in [0.3, 0.4) is 0 Å². The van der Waals surface area contributed by atoms with E-state index in [9.17, 15) is 4.79 Å². The smallest absolute Gasteiger partial charge is 1.00 e. The topological polar surface area (TPSA) is 50.1 Å². The molecule has 0 unspecified atom stereocenters. The molecule has 3 nitrogen and oxygen atoms in total. The second kappa shape index (κ2) is 12.2. The number of rotatable bonds is 6. The van der Waals surface area contributed by atoms with Crippen molar-refractivity contribution >= 4 is 5.78 Å². The summed E-state index contributed by atoms with van der Waals surface area (Å²) in [7, 11) is 0. The fourth-order valence-corrected chi connectivity index (χ4v) is 2.08. The number of halogens is 1. The van der Waals surface area contributed by atoms with Crippen LogP contribution in [0.15, 0.2) is 48.5 Å². The van der Waals surface area contributed by atoms with Crippen LogP contribution in [0.1, 0.15) is 25.3 Å². The molecule has 0 spiro atoms. The fraction of sp³-hybridized carbons (Fsp3) is 0.222. The summed E-state index contributed by atoms with van der Waals surface area (Å²) in [5.41, 5.74) is 2.50. The van der Waals surface area contributed by atoms with Crippen molar-refractivity contribution in [2.24, 2.45) is 0 Å². The summed E-state index contributed by atoms with van der Waals surface area (Å²) in [5, 5.41) is 9.12. The molecule has 0 N–H and O–H groups in total. The third-order valence-electron chi connectivity index (χ3n) is 3.14. The first-order valence-electron chi connectivity index (χ1n) is 6.98. The number of hydrogen-bond donors (Lipinski definition) is 0. The van der Waals surface area contributed by atoms with Gasteiger partial charge in [0, 0.05) is 6.42 Å². The monoisotopic (exact) mass is 445 g/mol. The standard InChI is InChI=1S/C18H17NO2.HI.K/c1-2-5-16(20)13-21-17-10-8-14(9-11-17)18-7-4-3-6-15(18)12-19;;/h3-4,6-11H,2,5,13H2,1H3;1H;/q;;+1/p-1. The van der Waals surface area contributed by atoms with Crippen molar-refractivity contribution in [3.05, 3.63) is 54.1 Å². The van der Waals surface area contributed by atoms with Gasteiger partial charge in [-0.15, -0.1) is 0 Å². The number of nitrogens with zero attached hydrogens (tertiary/aromatic N) is 1. The van der Waals surface area contributed by atoms with Crippen LogP contribution in [0.5, 0.6) is 5.75 Å². The van der Waals surface area contributed by atoms with Crippen molar-refractivity contribution in [1.29, 1.82) is 5.26 Å². The molecule has 2 rings (SSSR count). The van der Waals surface area contributed by atoms with Gasteiger partial charge in [0.1, 0.15) is 12.4 Å². The molecule has 2 aromatic carbocycles. The summed E-state index contributed by atoms with van der Waals surface area (Å²) in [4.78, 5) is 11.4. The summed E-state index contributed by atoms with van der Waals surface area (Å²) in [6.07, 6.45) is 1.39. The van der Waals surface area contributed by atoms with Gasteiger partial charge in [-0.2, -0.15) is 5.26 Å². The van der Waals surface area contributed by atoms with Gasteiger partial charge in [0.2, 0.25) is 0 Å². The molecule has 23 heavy (non-hydrogen) atoms. The van der Waals surface area contributed by atoms with Gasteiger partial charge in [-0.3, -0.25) is 4.79 Å². The van der Waals surface area contributed by atoms with Gasteiger partial charge >= 0.3 is 51.4 Å². The van der Waals surface area contributed by atoms with Crippen molar-refractivity contribution in [2.45, 2.75) is 19.8 Å². The summed E-state index contributed by atoms with van der Waals surface area (Å²) in [5.74, 6) is 0.772. The molecule has 0 saturated heterocycles. The zero-order valence-electron chi connectivity index (χ0n) is 13.4. The Morgan fingerprint density at radius 2 is 1.78 bits per heavy atom. The first-order valence-corrected chi connectivity index (χ1v) is 6.98. The van der Waals surface area contributed by atoms with Gasteiger partial charge in [0.05, 0.1) is 11.6 Å². The van der Waals surface area contributed by atoms with Crippen molar-refractivity contribution < 1.29 is 84.9 Å². The molecule has 0 aliphatic carbocycles. The van der Waals surface area contributed by atoms with Crippen molar-refractivity contribution in [2.75, 3.05) is 6.61 Å². The third kappa shape index (κ3) is 7.04. The minimum absolute atomic E-state index is 0. The zero-order valence-corrected chi connectivity index (χ0v) is 18.7. The number of ether oxygens (including phenoxy) is 1. The Kier molecular flexibility index (Phi) is 12.1. The summed E-state index contributed by atoms with van der Waals surface area (Å²) in [6, 6.07) is 17.1. The zero-order chi connectivity index (χ0) is 15.1. The van der Waals surface area contributed by atoms with E-state index in [4.69, 9.17) is 10.00 Å². The van der Waals surface area contributed by atoms with Gasteiger partial charge in [0.15, 0.2) is 5.78 Å². The molecule has 0 radical (unpaired) electrons. The second-order valence-corrected chi connectivity index (χ2v) is 4.76. The maximum atomic E-state index is 11.4. The average Bonchev–Trinajstić information content (AvgIpc) is 2.54. The van der Waals surface area contributed by atoms with E-state index in [0.29, 0.717) is 17.7 Å². The van der Waals surface area contributed by atoms with Crippen molar-refractivity contribution in [3.63, 3.8) is 0 Å². The van der Waals surface area contributed by atoms with E-state index in [1.807, 2.05) is 49.4 Å². The Hall–Kier alpha value is -0.234. The van der Waals surface area contributed by atoms with Crippen LogP contribution in [0, 0.1) is 11.3 Å². The van der Waals surface area contributed by atoms with Gasteiger partial charge in [0.25, 0.3) is 0 Å². The molecule has 2 aromatic rings. The molecule has 5 heteroatoms. The number of nitriles is 1. The normalized spacial score (nSPS) is 9.04. The van der Waals surface area contributed by atoms with E-state index in [1.165, 1.54) is 0 Å². The molecule has 114 valence electrons. The summed E-state index contributed by atoms with van der Waals surface area (Å²) < 4.78 is 5.45. The SMILES string of the molecule is CCCC(=O)COc1ccc(-c2ccccc2C#N)cc1.[I-].[K+]. The number of carbonyl (C=O) groups excluding carboxylic acids is 1. The average molecular weight is 445 g/mol. The second-order valence-electron chi connectivity index (χ2n) is 4.76. The molecule has 0 amide bonds. The minimum atomic E-state index is 0. The van der Waals surface area contributed by atoms with Crippen LogP contribution in [-0.2, 0) is 4.79 Å². The Labute approximate surface area is 196 Å². The van der Waals surface area contributed by atoms with Gasteiger partial charge < -0.3 is 28.7 Å². The maximum absolute atomic E-state index is 11.4. The Morgan fingerprint density at radius 3 is 2.39 bits per heavy atom. The molecule has 0 aliphatic rings. The van der Waals surface area contributed by atoms with Crippen LogP contribution >= 0.6 is 0 Å². The van der Waals surface area contributed by atoms with Gasteiger partial charge in [-0.05, 0) is 35.7 Å². The van der Waals surface area contributed by atoms with Gasteiger partial charge in [-0.1, -0.05) is 37.3 Å². The van der Waals surface area contributed by atoms with Crippen molar-refractivity contribution in [1.82, 2.24) is 0 Å². The van der Waals surface area contributed by atoms with Crippen LogP contribution < -0.4 is 80.1 Å². The van der Waals surface area contributed by atoms with Crippen LogP contribution in [0.4, 0.5) is 0 Å². The predicted molar refractivity (Wildman–Crippen MR) is 82.0 cm³/mol. The Morgan fingerprint density at radius 1 is 1.13 bits per heavy atom. The molecule has 0 aromatic heterocycles. The molecular formula is C18H17IKNO2. The largest absolute Gasteiger partial charge is 1.00 e. The number of Topliss-reactive ketones (excluding diaryl/α,β-unsaturated/α-hetero) is 1. The Balaban J connectivity index is 0.00000242. The van der Waals surface area contributed by atoms with E-state index in [-0.39, 0.29) is 87.8 Å². The number of carbonyl (C=O) groups is 1. The van der Waals surface area contributed by atoms with Crippen LogP contribution in [-0.4, -0.2) is 12.4 Å². The molecule has 0 atom stereocenters.